The summed E-state index contributed by atoms with van der Waals surface area (Å²) in [6.45, 7) is 6.64. The molecule has 1 aromatic heterocycles. The standard InChI is InChI=1S/C14H20FN3O2/c1-14(2,3)20-13(19)17-10-6-8-18(9-10)12-11(15)5-4-7-16-12/h4-5,7,10H,6,8-9H2,1-3H3,(H,17,19)/t10-/m0/s1. The fraction of sp³-hybridized carbons (Fsp3) is 0.571. The number of amides is 1. The Morgan fingerprint density at radius 2 is 2.30 bits per heavy atom. The molecule has 0 spiro atoms. The molecule has 1 N–H and O–H groups in total. The Kier molecular flexibility index (Phi) is 4.11. The number of halogens is 1. The lowest BCUT2D eigenvalue weighted by molar-refractivity contribution is 0.0509. The number of ether oxygens (including phenoxy) is 1. The third-order valence-electron chi connectivity index (χ3n) is 2.95. The predicted molar refractivity (Wildman–Crippen MR) is 74.2 cm³/mol. The molecule has 20 heavy (non-hydrogen) atoms. The normalized spacial score (nSPS) is 19.0. The summed E-state index contributed by atoms with van der Waals surface area (Å²) in [6, 6.07) is 2.90. The Balaban J connectivity index is 1.90. The van der Waals surface area contributed by atoms with Crippen LogP contribution in [-0.4, -0.2) is 35.8 Å². The number of carbonyl (C=O) groups excluding carboxylic acids is 1. The number of hydrogen-bond acceptors (Lipinski definition) is 4. The molecule has 1 aliphatic heterocycles. The number of nitrogens with zero attached hydrogens (tertiary/aromatic N) is 2. The first-order valence-electron chi connectivity index (χ1n) is 6.70. The van der Waals surface area contributed by atoms with E-state index in [0.29, 0.717) is 18.9 Å². The van der Waals surface area contributed by atoms with Crippen molar-refractivity contribution < 1.29 is 13.9 Å². The van der Waals surface area contributed by atoms with Crippen LogP contribution in [0.2, 0.25) is 0 Å². The fourth-order valence-electron chi connectivity index (χ4n) is 2.15. The van der Waals surface area contributed by atoms with Crippen LogP contribution in [0.4, 0.5) is 15.0 Å². The van der Waals surface area contributed by atoms with Gasteiger partial charge in [0.15, 0.2) is 11.6 Å². The van der Waals surface area contributed by atoms with Crippen molar-refractivity contribution >= 4 is 11.9 Å². The molecule has 1 amide bonds. The van der Waals surface area contributed by atoms with Gasteiger partial charge >= 0.3 is 6.09 Å². The topological polar surface area (TPSA) is 54.5 Å². The molecule has 0 aromatic carbocycles. The molecule has 1 fully saturated rings. The van der Waals surface area contributed by atoms with Crippen molar-refractivity contribution in [3.8, 4) is 0 Å². The second-order valence-electron chi connectivity index (χ2n) is 5.89. The number of nitrogens with one attached hydrogen (secondary N) is 1. The largest absolute Gasteiger partial charge is 0.444 e. The van der Waals surface area contributed by atoms with E-state index in [4.69, 9.17) is 4.74 Å². The van der Waals surface area contributed by atoms with E-state index in [1.54, 1.807) is 12.3 Å². The van der Waals surface area contributed by atoms with E-state index >= 15 is 0 Å². The molecule has 0 radical (unpaired) electrons. The number of hydrogen-bond donors (Lipinski definition) is 1. The number of aromatic nitrogens is 1. The van der Waals surface area contributed by atoms with E-state index in [-0.39, 0.29) is 11.9 Å². The van der Waals surface area contributed by atoms with Crippen LogP contribution in [0, 0.1) is 5.82 Å². The molecular weight excluding hydrogens is 261 g/mol. The lowest BCUT2D eigenvalue weighted by Gasteiger charge is -2.22. The zero-order valence-corrected chi connectivity index (χ0v) is 12.0. The number of rotatable bonds is 2. The third kappa shape index (κ3) is 3.82. The first kappa shape index (κ1) is 14.6. The highest BCUT2D eigenvalue weighted by Crippen LogP contribution is 2.21. The van der Waals surface area contributed by atoms with Gasteiger partial charge in [-0.1, -0.05) is 0 Å². The first-order valence-corrected chi connectivity index (χ1v) is 6.70. The van der Waals surface area contributed by atoms with Crippen molar-refractivity contribution in [2.75, 3.05) is 18.0 Å². The molecule has 0 saturated carbocycles. The molecule has 0 aliphatic carbocycles. The highest BCUT2D eigenvalue weighted by atomic mass is 19.1. The van der Waals surface area contributed by atoms with Gasteiger partial charge in [-0.15, -0.1) is 0 Å². The van der Waals surface area contributed by atoms with Gasteiger partial charge in [0.1, 0.15) is 5.60 Å². The fourth-order valence-corrected chi connectivity index (χ4v) is 2.15. The van der Waals surface area contributed by atoms with Crippen LogP contribution in [0.15, 0.2) is 18.3 Å². The summed E-state index contributed by atoms with van der Waals surface area (Å²) >= 11 is 0. The molecule has 5 nitrogen and oxygen atoms in total. The summed E-state index contributed by atoms with van der Waals surface area (Å²) in [5.74, 6) is -0.00796. The maximum atomic E-state index is 13.6. The zero-order valence-electron chi connectivity index (χ0n) is 12.0. The predicted octanol–water partition coefficient (Wildman–Crippen LogP) is 2.32. The molecule has 1 aliphatic rings. The van der Waals surface area contributed by atoms with Crippen molar-refractivity contribution in [1.82, 2.24) is 10.3 Å². The van der Waals surface area contributed by atoms with Crippen molar-refractivity contribution in [3.05, 3.63) is 24.1 Å². The van der Waals surface area contributed by atoms with Crippen molar-refractivity contribution in [1.29, 1.82) is 0 Å². The average Bonchev–Trinajstić information content (AvgIpc) is 2.75. The van der Waals surface area contributed by atoms with E-state index in [1.807, 2.05) is 25.7 Å². The molecule has 1 saturated heterocycles. The van der Waals surface area contributed by atoms with Gasteiger partial charge in [0, 0.05) is 19.3 Å². The second kappa shape index (κ2) is 5.64. The lowest BCUT2D eigenvalue weighted by atomic mass is 10.2. The minimum Gasteiger partial charge on any atom is -0.444 e. The summed E-state index contributed by atoms with van der Waals surface area (Å²) < 4.78 is 18.8. The maximum Gasteiger partial charge on any atom is 0.407 e. The van der Waals surface area contributed by atoms with Crippen molar-refractivity contribution in [2.45, 2.75) is 38.8 Å². The summed E-state index contributed by atoms with van der Waals surface area (Å²) in [5, 5.41) is 2.80. The quantitative estimate of drug-likeness (QED) is 0.904. The Morgan fingerprint density at radius 1 is 1.55 bits per heavy atom. The minimum absolute atomic E-state index is 0.0498. The van der Waals surface area contributed by atoms with Gasteiger partial charge in [0.05, 0.1) is 6.04 Å². The highest BCUT2D eigenvalue weighted by Gasteiger charge is 2.27. The van der Waals surface area contributed by atoms with Gasteiger partial charge < -0.3 is 15.0 Å². The van der Waals surface area contributed by atoms with Gasteiger partial charge in [-0.05, 0) is 39.3 Å². The molecule has 2 heterocycles. The number of anilines is 1. The molecule has 110 valence electrons. The number of carbonyl (C=O) groups is 1. The molecule has 2 rings (SSSR count). The van der Waals surface area contributed by atoms with E-state index in [1.165, 1.54) is 6.07 Å². The van der Waals surface area contributed by atoms with Gasteiger partial charge in [-0.3, -0.25) is 0 Å². The maximum absolute atomic E-state index is 13.6. The molecule has 0 unspecified atom stereocenters. The second-order valence-corrected chi connectivity index (χ2v) is 5.89. The van der Waals surface area contributed by atoms with Gasteiger partial charge in [-0.2, -0.15) is 0 Å². The van der Waals surface area contributed by atoms with Gasteiger partial charge in [0.25, 0.3) is 0 Å². The Hall–Kier alpha value is -1.85. The lowest BCUT2D eigenvalue weighted by Crippen LogP contribution is -2.40. The summed E-state index contributed by atoms with van der Waals surface area (Å²) in [5.41, 5.74) is -0.518. The van der Waals surface area contributed by atoms with Crippen LogP contribution in [0.5, 0.6) is 0 Å². The van der Waals surface area contributed by atoms with Crippen molar-refractivity contribution in [3.63, 3.8) is 0 Å². The van der Waals surface area contributed by atoms with Crippen LogP contribution < -0.4 is 10.2 Å². The molecule has 1 atom stereocenters. The zero-order chi connectivity index (χ0) is 14.8. The summed E-state index contributed by atoms with van der Waals surface area (Å²) in [6.07, 6.45) is 1.87. The van der Waals surface area contributed by atoms with E-state index in [0.717, 1.165) is 6.42 Å². The molecule has 6 heteroatoms. The Bertz CT molecular complexity index is 488. The molecular formula is C14H20FN3O2. The van der Waals surface area contributed by atoms with Crippen LogP contribution in [0.3, 0.4) is 0 Å². The SMILES string of the molecule is CC(C)(C)OC(=O)N[C@H]1CCN(c2ncccc2F)C1. The Labute approximate surface area is 118 Å². The molecule has 1 aromatic rings. The van der Waals surface area contributed by atoms with Crippen LogP contribution >= 0.6 is 0 Å². The van der Waals surface area contributed by atoms with Crippen molar-refractivity contribution in [2.24, 2.45) is 0 Å². The van der Waals surface area contributed by atoms with E-state index < -0.39 is 11.7 Å². The van der Waals surface area contributed by atoms with Gasteiger partial charge in [0.2, 0.25) is 0 Å². The minimum atomic E-state index is -0.518. The number of pyridine rings is 1. The monoisotopic (exact) mass is 281 g/mol. The summed E-state index contributed by atoms with van der Waals surface area (Å²) in [7, 11) is 0. The van der Waals surface area contributed by atoms with E-state index in [2.05, 4.69) is 10.3 Å². The summed E-state index contributed by atoms with van der Waals surface area (Å²) in [4.78, 5) is 17.6. The highest BCUT2D eigenvalue weighted by molar-refractivity contribution is 5.68. The Morgan fingerprint density at radius 3 is 2.95 bits per heavy atom. The average molecular weight is 281 g/mol. The first-order chi connectivity index (χ1) is 9.35. The smallest absolute Gasteiger partial charge is 0.407 e. The van der Waals surface area contributed by atoms with Gasteiger partial charge in [-0.25, -0.2) is 14.2 Å². The van der Waals surface area contributed by atoms with Crippen LogP contribution in [0.1, 0.15) is 27.2 Å². The van der Waals surface area contributed by atoms with E-state index in [9.17, 15) is 9.18 Å². The number of alkyl carbamates (subject to hydrolysis) is 1. The van der Waals surface area contributed by atoms with Crippen LogP contribution in [-0.2, 0) is 4.74 Å². The third-order valence-corrected chi connectivity index (χ3v) is 2.95. The van der Waals surface area contributed by atoms with Crippen LogP contribution in [0.25, 0.3) is 0 Å². The molecule has 0 bridgehead atoms.